The Morgan fingerprint density at radius 3 is 2.75 bits per heavy atom. The Labute approximate surface area is 94.2 Å². The maximum absolute atomic E-state index is 12.9. The summed E-state index contributed by atoms with van der Waals surface area (Å²) in [5.41, 5.74) is -0.868. The molecule has 1 aromatic heterocycles. The Morgan fingerprint density at radius 2 is 2.25 bits per heavy atom. The molecule has 1 heterocycles. The van der Waals surface area contributed by atoms with Gasteiger partial charge in [-0.25, -0.2) is 13.8 Å². The van der Waals surface area contributed by atoms with Crippen LogP contribution in [0, 0.1) is 5.95 Å². The number of methoxy groups -OCH3 is 1. The summed E-state index contributed by atoms with van der Waals surface area (Å²) >= 11 is 5.46. The fourth-order valence-electron chi connectivity index (χ4n) is 1.10. The third kappa shape index (κ3) is 2.63. The van der Waals surface area contributed by atoms with E-state index in [1.807, 2.05) is 0 Å². The number of carbonyl (C=O) groups is 1. The largest absolute Gasteiger partial charge is 0.469 e. The van der Waals surface area contributed by atoms with Crippen molar-refractivity contribution in [3.05, 3.63) is 28.3 Å². The third-order valence-electron chi connectivity index (χ3n) is 1.90. The van der Waals surface area contributed by atoms with Gasteiger partial charge in [0.25, 0.3) is 6.43 Å². The summed E-state index contributed by atoms with van der Waals surface area (Å²) in [5, 5.41) is -0.580. The lowest BCUT2D eigenvalue weighted by molar-refractivity contribution is -0.139. The van der Waals surface area contributed by atoms with Gasteiger partial charge in [0.15, 0.2) is 0 Å². The number of hydrogen-bond acceptors (Lipinski definition) is 3. The first-order valence-electron chi connectivity index (χ1n) is 4.15. The second-order valence-corrected chi connectivity index (χ2v) is 3.23. The number of pyridine rings is 1. The molecule has 0 aliphatic rings. The smallest absolute Gasteiger partial charge is 0.310 e. The van der Waals surface area contributed by atoms with Crippen molar-refractivity contribution >= 4 is 17.6 Å². The van der Waals surface area contributed by atoms with E-state index in [-0.39, 0.29) is 5.56 Å². The van der Waals surface area contributed by atoms with Crippen LogP contribution in [0.1, 0.15) is 17.6 Å². The topological polar surface area (TPSA) is 39.2 Å². The number of hydrogen-bond donors (Lipinski definition) is 0. The molecule has 3 nitrogen and oxygen atoms in total. The molecule has 0 aliphatic carbocycles. The van der Waals surface area contributed by atoms with Crippen LogP contribution >= 0.6 is 11.6 Å². The van der Waals surface area contributed by atoms with Gasteiger partial charge >= 0.3 is 5.97 Å². The number of halogens is 4. The van der Waals surface area contributed by atoms with Crippen LogP contribution in [0.4, 0.5) is 13.2 Å². The predicted octanol–water partition coefficient (Wildman–Crippen LogP) is 2.53. The highest BCUT2D eigenvalue weighted by molar-refractivity contribution is 6.31. The molecule has 88 valence electrons. The molecule has 7 heteroatoms. The summed E-state index contributed by atoms with van der Waals surface area (Å²) in [5.74, 6) is -1.88. The Morgan fingerprint density at radius 1 is 1.62 bits per heavy atom. The lowest BCUT2D eigenvalue weighted by Gasteiger charge is -2.09. The minimum absolute atomic E-state index is 0.295. The van der Waals surface area contributed by atoms with Crippen molar-refractivity contribution in [2.45, 2.75) is 12.8 Å². The van der Waals surface area contributed by atoms with Gasteiger partial charge in [0, 0.05) is 11.8 Å². The van der Waals surface area contributed by atoms with Gasteiger partial charge in [-0.1, -0.05) is 11.6 Å². The van der Waals surface area contributed by atoms with E-state index < -0.39 is 35.3 Å². The minimum Gasteiger partial charge on any atom is -0.469 e. The summed E-state index contributed by atoms with van der Waals surface area (Å²) in [7, 11) is 1.09. The van der Waals surface area contributed by atoms with Crippen molar-refractivity contribution in [1.82, 2.24) is 4.98 Å². The first-order chi connectivity index (χ1) is 7.47. The van der Waals surface area contributed by atoms with Crippen LogP contribution in [0.2, 0.25) is 5.02 Å². The molecule has 0 unspecified atom stereocenters. The van der Waals surface area contributed by atoms with Crippen LogP contribution < -0.4 is 0 Å². The predicted molar refractivity (Wildman–Crippen MR) is 49.9 cm³/mol. The van der Waals surface area contributed by atoms with E-state index in [0.29, 0.717) is 6.20 Å². The minimum atomic E-state index is -2.88. The first kappa shape index (κ1) is 12.8. The maximum Gasteiger partial charge on any atom is 0.310 e. The first-order valence-corrected chi connectivity index (χ1v) is 4.53. The molecular formula is C9H7ClF3NO2. The van der Waals surface area contributed by atoms with E-state index in [1.165, 1.54) is 0 Å². The summed E-state index contributed by atoms with van der Waals surface area (Å²) < 4.78 is 42.3. The van der Waals surface area contributed by atoms with Gasteiger partial charge < -0.3 is 4.74 Å². The zero-order chi connectivity index (χ0) is 12.3. The molecule has 0 spiro atoms. The highest BCUT2D eigenvalue weighted by Crippen LogP contribution is 2.29. The number of alkyl halides is 2. The number of esters is 1. The van der Waals surface area contributed by atoms with Crippen LogP contribution in [0.15, 0.2) is 6.20 Å². The molecule has 0 atom stereocenters. The zero-order valence-corrected chi connectivity index (χ0v) is 8.89. The Kier molecular flexibility index (Phi) is 4.12. The van der Waals surface area contributed by atoms with Gasteiger partial charge in [0.2, 0.25) is 5.95 Å². The molecule has 1 aromatic rings. The molecule has 16 heavy (non-hydrogen) atoms. The highest BCUT2D eigenvalue weighted by atomic mass is 35.5. The average molecular weight is 254 g/mol. The van der Waals surface area contributed by atoms with E-state index in [4.69, 9.17) is 11.6 Å². The molecule has 0 N–H and O–H groups in total. The summed E-state index contributed by atoms with van der Waals surface area (Å²) in [4.78, 5) is 14.0. The van der Waals surface area contributed by atoms with Crippen molar-refractivity contribution in [1.29, 1.82) is 0 Å². The van der Waals surface area contributed by atoms with Crippen LogP contribution in [-0.4, -0.2) is 18.1 Å². The van der Waals surface area contributed by atoms with Crippen LogP contribution in [0.25, 0.3) is 0 Å². The molecule has 0 radical (unpaired) electrons. The zero-order valence-electron chi connectivity index (χ0n) is 8.14. The molecule has 0 aromatic carbocycles. The average Bonchev–Trinajstić information content (AvgIpc) is 2.24. The quantitative estimate of drug-likeness (QED) is 0.614. The molecule has 0 saturated carbocycles. The van der Waals surface area contributed by atoms with Crippen LogP contribution in [-0.2, 0) is 16.0 Å². The van der Waals surface area contributed by atoms with Crippen molar-refractivity contribution in [2.75, 3.05) is 7.11 Å². The standard InChI is InChI=1S/C9H7ClF3NO2/c1-16-6(15)2-4-5(8(11)12)3-14-9(13)7(4)10/h3,8H,2H2,1H3. The second-order valence-electron chi connectivity index (χ2n) is 2.85. The van der Waals surface area contributed by atoms with Gasteiger partial charge in [-0.2, -0.15) is 4.39 Å². The fourth-order valence-corrected chi connectivity index (χ4v) is 1.32. The van der Waals surface area contributed by atoms with Gasteiger partial charge in [-0.05, 0) is 5.56 Å². The normalized spacial score (nSPS) is 10.6. The molecule has 0 bridgehead atoms. The van der Waals surface area contributed by atoms with E-state index in [0.717, 1.165) is 7.11 Å². The molecular weight excluding hydrogens is 247 g/mol. The number of carbonyl (C=O) groups excluding carboxylic acids is 1. The van der Waals surface area contributed by atoms with Crippen molar-refractivity contribution in [3.63, 3.8) is 0 Å². The van der Waals surface area contributed by atoms with E-state index >= 15 is 0 Å². The van der Waals surface area contributed by atoms with Gasteiger partial charge in [0.05, 0.1) is 18.6 Å². The molecule has 0 saturated heterocycles. The summed E-state index contributed by atoms with van der Waals surface area (Å²) in [6, 6.07) is 0. The van der Waals surface area contributed by atoms with Gasteiger partial charge in [-0.15, -0.1) is 0 Å². The molecule has 0 fully saturated rings. The molecule has 1 rings (SSSR count). The number of rotatable bonds is 3. The lowest BCUT2D eigenvalue weighted by atomic mass is 10.1. The van der Waals surface area contributed by atoms with Gasteiger partial charge in [-0.3, -0.25) is 4.79 Å². The van der Waals surface area contributed by atoms with E-state index in [2.05, 4.69) is 9.72 Å². The van der Waals surface area contributed by atoms with E-state index in [9.17, 15) is 18.0 Å². The van der Waals surface area contributed by atoms with E-state index in [1.54, 1.807) is 0 Å². The summed E-state index contributed by atoms with van der Waals surface area (Å²) in [6.07, 6.45) is -2.75. The third-order valence-corrected chi connectivity index (χ3v) is 2.28. The Bertz CT molecular complexity index is 412. The fraction of sp³-hybridized carbons (Fsp3) is 0.333. The van der Waals surface area contributed by atoms with Crippen molar-refractivity contribution < 1.29 is 22.7 Å². The lowest BCUT2D eigenvalue weighted by Crippen LogP contribution is -2.09. The number of nitrogens with zero attached hydrogens (tertiary/aromatic N) is 1. The highest BCUT2D eigenvalue weighted by Gasteiger charge is 2.21. The van der Waals surface area contributed by atoms with Crippen molar-refractivity contribution in [3.8, 4) is 0 Å². The van der Waals surface area contributed by atoms with Crippen LogP contribution in [0.5, 0.6) is 0 Å². The Hall–Kier alpha value is -1.30. The maximum atomic E-state index is 12.9. The summed E-state index contributed by atoms with van der Waals surface area (Å²) in [6.45, 7) is 0. The molecule has 0 amide bonds. The second kappa shape index (κ2) is 5.16. The number of aromatic nitrogens is 1. The van der Waals surface area contributed by atoms with Crippen molar-refractivity contribution in [2.24, 2.45) is 0 Å². The molecule has 0 aliphatic heterocycles. The van der Waals surface area contributed by atoms with Gasteiger partial charge in [0.1, 0.15) is 0 Å². The SMILES string of the molecule is COC(=O)Cc1c(C(F)F)cnc(F)c1Cl. The number of ether oxygens (including phenoxy) is 1. The monoisotopic (exact) mass is 253 g/mol. The Balaban J connectivity index is 3.20. The van der Waals surface area contributed by atoms with Crippen LogP contribution in [0.3, 0.4) is 0 Å².